The number of nitrogens with zero attached hydrogens (tertiary/aromatic N) is 1. The SMILES string of the molecule is Cc1c(NC(=O)c2ccccc2NCc2ccncc2)ccc2c1OC(F)(F)O2. The van der Waals surface area contributed by atoms with Crippen LogP contribution in [0.15, 0.2) is 60.9 Å². The number of anilines is 2. The van der Waals surface area contributed by atoms with Crippen LogP contribution in [0.3, 0.4) is 0 Å². The highest BCUT2D eigenvalue weighted by molar-refractivity contribution is 6.08. The van der Waals surface area contributed by atoms with Crippen LogP contribution in [0.4, 0.5) is 20.2 Å². The summed E-state index contributed by atoms with van der Waals surface area (Å²) in [6.07, 6.45) is -0.317. The van der Waals surface area contributed by atoms with Gasteiger partial charge >= 0.3 is 6.29 Å². The Kier molecular flexibility index (Phi) is 4.75. The first-order valence-corrected chi connectivity index (χ1v) is 8.85. The van der Waals surface area contributed by atoms with E-state index in [0.29, 0.717) is 29.0 Å². The van der Waals surface area contributed by atoms with Gasteiger partial charge in [-0.25, -0.2) is 0 Å². The average Bonchev–Trinajstić information content (AvgIpc) is 3.04. The molecule has 0 fully saturated rings. The second-order valence-corrected chi connectivity index (χ2v) is 6.44. The summed E-state index contributed by atoms with van der Waals surface area (Å²) in [6, 6.07) is 13.6. The predicted molar refractivity (Wildman–Crippen MR) is 103 cm³/mol. The number of para-hydroxylation sites is 1. The van der Waals surface area contributed by atoms with Crippen LogP contribution in [0, 0.1) is 6.92 Å². The number of pyridine rings is 1. The van der Waals surface area contributed by atoms with Crippen LogP contribution in [0.25, 0.3) is 0 Å². The molecule has 0 radical (unpaired) electrons. The van der Waals surface area contributed by atoms with E-state index < -0.39 is 6.29 Å². The van der Waals surface area contributed by atoms with Gasteiger partial charge < -0.3 is 20.1 Å². The van der Waals surface area contributed by atoms with Crippen molar-refractivity contribution in [1.82, 2.24) is 4.98 Å². The van der Waals surface area contributed by atoms with Crippen LogP contribution in [-0.4, -0.2) is 17.2 Å². The van der Waals surface area contributed by atoms with Gasteiger partial charge in [-0.2, -0.15) is 0 Å². The first-order valence-electron chi connectivity index (χ1n) is 8.85. The number of carbonyl (C=O) groups is 1. The van der Waals surface area contributed by atoms with E-state index in [1.54, 1.807) is 37.5 Å². The maximum absolute atomic E-state index is 13.3. The molecule has 4 rings (SSSR count). The molecular formula is C21H17F2N3O3. The molecule has 0 aliphatic carbocycles. The lowest BCUT2D eigenvalue weighted by atomic mass is 10.1. The summed E-state index contributed by atoms with van der Waals surface area (Å²) in [5.41, 5.74) is 2.80. The third-order valence-electron chi connectivity index (χ3n) is 4.47. The van der Waals surface area contributed by atoms with Crippen LogP contribution in [-0.2, 0) is 6.54 Å². The number of ether oxygens (including phenoxy) is 2. The Morgan fingerprint density at radius 2 is 1.79 bits per heavy atom. The number of hydrogen-bond acceptors (Lipinski definition) is 5. The minimum absolute atomic E-state index is 0.0649. The fraction of sp³-hybridized carbons (Fsp3) is 0.143. The molecule has 0 saturated carbocycles. The first kappa shape index (κ1) is 18.7. The van der Waals surface area contributed by atoms with Crippen molar-refractivity contribution in [3.05, 3.63) is 77.6 Å². The van der Waals surface area contributed by atoms with Crippen LogP contribution in [0.5, 0.6) is 11.5 Å². The highest BCUT2D eigenvalue weighted by atomic mass is 19.3. The van der Waals surface area contributed by atoms with Gasteiger partial charge in [-0.15, -0.1) is 8.78 Å². The zero-order valence-electron chi connectivity index (χ0n) is 15.4. The van der Waals surface area contributed by atoms with E-state index in [1.807, 2.05) is 18.2 Å². The smallest absolute Gasteiger partial charge is 0.395 e. The van der Waals surface area contributed by atoms with Gasteiger partial charge in [-0.1, -0.05) is 12.1 Å². The van der Waals surface area contributed by atoms with Crippen molar-refractivity contribution < 1.29 is 23.0 Å². The molecular weight excluding hydrogens is 380 g/mol. The summed E-state index contributed by atoms with van der Waals surface area (Å²) in [4.78, 5) is 16.8. The van der Waals surface area contributed by atoms with Crippen LogP contribution in [0.2, 0.25) is 0 Å². The number of fused-ring (bicyclic) bond motifs is 1. The lowest BCUT2D eigenvalue weighted by Crippen LogP contribution is -2.26. The monoisotopic (exact) mass is 397 g/mol. The molecule has 0 bridgehead atoms. The Labute approximate surface area is 165 Å². The molecule has 6 nitrogen and oxygen atoms in total. The van der Waals surface area contributed by atoms with Gasteiger partial charge in [0.1, 0.15) is 0 Å². The fourth-order valence-electron chi connectivity index (χ4n) is 3.00. The molecule has 0 saturated heterocycles. The molecule has 148 valence electrons. The van der Waals surface area contributed by atoms with E-state index in [4.69, 9.17) is 0 Å². The molecule has 1 aliphatic rings. The summed E-state index contributed by atoms with van der Waals surface area (Å²) < 4.78 is 35.6. The maximum atomic E-state index is 13.3. The number of rotatable bonds is 5. The number of nitrogens with one attached hydrogen (secondary N) is 2. The number of amides is 1. The Morgan fingerprint density at radius 3 is 2.59 bits per heavy atom. The quantitative estimate of drug-likeness (QED) is 0.660. The van der Waals surface area contributed by atoms with E-state index in [2.05, 4.69) is 25.1 Å². The van der Waals surface area contributed by atoms with E-state index in [9.17, 15) is 13.6 Å². The third kappa shape index (κ3) is 3.96. The van der Waals surface area contributed by atoms with Crippen molar-refractivity contribution in [2.75, 3.05) is 10.6 Å². The molecule has 8 heteroatoms. The zero-order valence-corrected chi connectivity index (χ0v) is 15.4. The van der Waals surface area contributed by atoms with Gasteiger partial charge in [0.25, 0.3) is 5.91 Å². The number of hydrogen-bond donors (Lipinski definition) is 2. The third-order valence-corrected chi connectivity index (χ3v) is 4.47. The van der Waals surface area contributed by atoms with E-state index >= 15 is 0 Å². The fourth-order valence-corrected chi connectivity index (χ4v) is 3.00. The molecule has 2 N–H and O–H groups in total. The summed E-state index contributed by atoms with van der Waals surface area (Å²) in [5.74, 6) is -0.529. The van der Waals surface area contributed by atoms with Crippen molar-refractivity contribution in [1.29, 1.82) is 0 Å². The van der Waals surface area contributed by atoms with Gasteiger partial charge in [-0.05, 0) is 48.9 Å². The van der Waals surface area contributed by atoms with Gasteiger partial charge in [-0.3, -0.25) is 9.78 Å². The Bertz CT molecular complexity index is 1060. The summed E-state index contributed by atoms with van der Waals surface area (Å²) >= 11 is 0. The number of alkyl halides is 2. The van der Waals surface area contributed by atoms with Gasteiger partial charge in [0, 0.05) is 35.9 Å². The van der Waals surface area contributed by atoms with Crippen LogP contribution < -0.4 is 20.1 Å². The van der Waals surface area contributed by atoms with Gasteiger partial charge in [0.05, 0.1) is 5.56 Å². The van der Waals surface area contributed by atoms with Crippen LogP contribution >= 0.6 is 0 Å². The zero-order chi connectivity index (χ0) is 20.4. The number of aromatic nitrogens is 1. The topological polar surface area (TPSA) is 72.5 Å². The van der Waals surface area contributed by atoms with Gasteiger partial charge in [0.15, 0.2) is 11.5 Å². The summed E-state index contributed by atoms with van der Waals surface area (Å²) in [6.45, 7) is 2.09. The number of benzene rings is 2. The minimum atomic E-state index is -3.71. The van der Waals surface area contributed by atoms with Gasteiger partial charge in [0.2, 0.25) is 0 Å². The molecule has 2 aromatic carbocycles. The Morgan fingerprint density at radius 1 is 1.03 bits per heavy atom. The number of halogens is 2. The van der Waals surface area contributed by atoms with Crippen molar-refractivity contribution in [3.8, 4) is 11.5 Å². The Hall–Kier alpha value is -3.68. The lowest BCUT2D eigenvalue weighted by Gasteiger charge is -2.14. The average molecular weight is 397 g/mol. The molecule has 0 spiro atoms. The molecule has 0 atom stereocenters. The molecule has 1 amide bonds. The molecule has 1 aromatic heterocycles. The predicted octanol–water partition coefficient (Wildman–Crippen LogP) is 4.58. The van der Waals surface area contributed by atoms with Crippen molar-refractivity contribution in [2.45, 2.75) is 19.8 Å². The van der Waals surface area contributed by atoms with E-state index in [-0.39, 0.29) is 17.4 Å². The van der Waals surface area contributed by atoms with E-state index in [0.717, 1.165) is 5.56 Å². The number of carbonyl (C=O) groups excluding carboxylic acids is 1. The first-order chi connectivity index (χ1) is 13.9. The summed E-state index contributed by atoms with van der Waals surface area (Å²) in [5, 5.41) is 5.98. The molecule has 1 aliphatic heterocycles. The normalized spacial score (nSPS) is 13.8. The molecule has 29 heavy (non-hydrogen) atoms. The van der Waals surface area contributed by atoms with Crippen molar-refractivity contribution in [3.63, 3.8) is 0 Å². The van der Waals surface area contributed by atoms with Crippen molar-refractivity contribution in [2.24, 2.45) is 0 Å². The largest absolute Gasteiger partial charge is 0.586 e. The highest BCUT2D eigenvalue weighted by Gasteiger charge is 2.44. The van der Waals surface area contributed by atoms with Crippen LogP contribution in [0.1, 0.15) is 21.5 Å². The maximum Gasteiger partial charge on any atom is 0.586 e. The summed E-state index contributed by atoms with van der Waals surface area (Å²) in [7, 11) is 0. The second-order valence-electron chi connectivity index (χ2n) is 6.44. The molecule has 3 aromatic rings. The Balaban J connectivity index is 1.53. The highest BCUT2D eigenvalue weighted by Crippen LogP contribution is 2.45. The molecule has 2 heterocycles. The van der Waals surface area contributed by atoms with E-state index in [1.165, 1.54) is 12.1 Å². The van der Waals surface area contributed by atoms with Crippen molar-refractivity contribution >= 4 is 17.3 Å². The second kappa shape index (κ2) is 7.38. The standard InChI is InChI=1S/C21H17F2N3O3/c1-13-16(6-7-18-19(13)29-21(22,23)28-18)26-20(27)15-4-2-3-5-17(15)25-12-14-8-10-24-11-9-14/h2-11,25H,12H2,1H3,(H,26,27). The lowest BCUT2D eigenvalue weighted by molar-refractivity contribution is -0.286. The molecule has 0 unspecified atom stereocenters. The minimum Gasteiger partial charge on any atom is -0.395 e.